The summed E-state index contributed by atoms with van der Waals surface area (Å²) in [6, 6.07) is 24.1. The zero-order valence-electron chi connectivity index (χ0n) is 19.1. The van der Waals surface area contributed by atoms with Crippen molar-refractivity contribution in [3.05, 3.63) is 106 Å². The van der Waals surface area contributed by atoms with Crippen LogP contribution < -0.4 is 5.43 Å². The Hall–Kier alpha value is -4.17. The SMILES string of the molecule is Cc1ccc(CC(=O)N/N=C\c2c(C)n(Cc3cccc(C#N)c3)c3ccccc23)c(C)c1. The first-order chi connectivity index (χ1) is 16.0. The molecule has 0 saturated heterocycles. The third-order valence-electron chi connectivity index (χ3n) is 5.91. The highest BCUT2D eigenvalue weighted by Crippen LogP contribution is 2.25. The van der Waals surface area contributed by atoms with Crippen LogP contribution in [0.5, 0.6) is 0 Å². The Balaban J connectivity index is 1.56. The van der Waals surface area contributed by atoms with E-state index < -0.39 is 0 Å². The second-order valence-corrected chi connectivity index (χ2v) is 8.31. The minimum absolute atomic E-state index is 0.145. The van der Waals surface area contributed by atoms with Gasteiger partial charge >= 0.3 is 0 Å². The molecule has 0 aliphatic rings. The number of hydrogen-bond acceptors (Lipinski definition) is 3. The van der Waals surface area contributed by atoms with E-state index in [-0.39, 0.29) is 5.91 Å². The van der Waals surface area contributed by atoms with Crippen LogP contribution in [0.3, 0.4) is 0 Å². The molecule has 1 heterocycles. The summed E-state index contributed by atoms with van der Waals surface area (Å²) in [6.45, 7) is 6.76. The van der Waals surface area contributed by atoms with E-state index in [1.807, 2.05) is 69.3 Å². The number of hydrogen-bond donors (Lipinski definition) is 1. The number of nitrogens with one attached hydrogen (secondary N) is 1. The number of nitrogens with zero attached hydrogens (tertiary/aromatic N) is 3. The Morgan fingerprint density at radius 1 is 1.06 bits per heavy atom. The van der Waals surface area contributed by atoms with Crippen LogP contribution in [0.15, 0.2) is 71.8 Å². The first-order valence-corrected chi connectivity index (χ1v) is 10.9. The van der Waals surface area contributed by atoms with Gasteiger partial charge in [-0.25, -0.2) is 5.43 Å². The van der Waals surface area contributed by atoms with Gasteiger partial charge in [0.2, 0.25) is 5.91 Å². The highest BCUT2D eigenvalue weighted by atomic mass is 16.2. The molecule has 0 unspecified atom stereocenters. The van der Waals surface area contributed by atoms with Gasteiger partial charge in [0.05, 0.1) is 24.3 Å². The number of para-hydroxylation sites is 1. The third-order valence-corrected chi connectivity index (χ3v) is 5.91. The maximum atomic E-state index is 12.4. The molecule has 0 atom stereocenters. The fourth-order valence-electron chi connectivity index (χ4n) is 4.17. The van der Waals surface area contributed by atoms with E-state index in [1.54, 1.807) is 6.21 Å². The van der Waals surface area contributed by atoms with Gasteiger partial charge in [0.15, 0.2) is 0 Å². The van der Waals surface area contributed by atoms with Crippen LogP contribution in [0.4, 0.5) is 0 Å². The number of nitriles is 1. The molecule has 0 saturated carbocycles. The molecule has 0 bridgehead atoms. The molecular weight excluding hydrogens is 408 g/mol. The Labute approximate surface area is 194 Å². The zero-order valence-corrected chi connectivity index (χ0v) is 19.1. The van der Waals surface area contributed by atoms with Crippen molar-refractivity contribution in [3.63, 3.8) is 0 Å². The van der Waals surface area contributed by atoms with Crippen molar-refractivity contribution in [3.8, 4) is 6.07 Å². The molecule has 3 aromatic carbocycles. The van der Waals surface area contributed by atoms with Gasteiger partial charge in [-0.1, -0.05) is 54.1 Å². The predicted octanol–water partition coefficient (Wildman–Crippen LogP) is 5.18. The topological polar surface area (TPSA) is 70.2 Å². The van der Waals surface area contributed by atoms with Crippen LogP contribution in [0.2, 0.25) is 0 Å². The summed E-state index contributed by atoms with van der Waals surface area (Å²) in [5.41, 5.74) is 10.8. The number of hydrazone groups is 1. The van der Waals surface area contributed by atoms with Crippen LogP contribution in [-0.4, -0.2) is 16.7 Å². The minimum Gasteiger partial charge on any atom is -0.340 e. The quantitative estimate of drug-likeness (QED) is 0.336. The summed E-state index contributed by atoms with van der Waals surface area (Å²) in [6.07, 6.45) is 2.01. The third kappa shape index (κ3) is 4.86. The molecule has 0 radical (unpaired) electrons. The van der Waals surface area contributed by atoms with Crippen LogP contribution in [-0.2, 0) is 17.8 Å². The van der Waals surface area contributed by atoms with Crippen molar-refractivity contribution in [2.45, 2.75) is 33.7 Å². The molecule has 5 heteroatoms. The van der Waals surface area contributed by atoms with Gasteiger partial charge < -0.3 is 4.57 Å². The van der Waals surface area contributed by atoms with Gasteiger partial charge in [0.25, 0.3) is 0 Å². The minimum atomic E-state index is -0.145. The van der Waals surface area contributed by atoms with Crippen molar-refractivity contribution in [2.75, 3.05) is 0 Å². The maximum absolute atomic E-state index is 12.4. The van der Waals surface area contributed by atoms with Gasteiger partial charge in [-0.2, -0.15) is 10.4 Å². The van der Waals surface area contributed by atoms with E-state index in [0.717, 1.165) is 38.9 Å². The monoisotopic (exact) mass is 434 g/mol. The van der Waals surface area contributed by atoms with Gasteiger partial charge in [-0.05, 0) is 55.7 Å². The smallest absolute Gasteiger partial charge is 0.244 e. The van der Waals surface area contributed by atoms with Gasteiger partial charge in [-0.15, -0.1) is 0 Å². The molecule has 164 valence electrons. The summed E-state index contributed by atoms with van der Waals surface area (Å²) in [4.78, 5) is 12.4. The number of amides is 1. The fourth-order valence-corrected chi connectivity index (χ4v) is 4.17. The largest absolute Gasteiger partial charge is 0.340 e. The summed E-state index contributed by atoms with van der Waals surface area (Å²) in [7, 11) is 0. The van der Waals surface area contributed by atoms with E-state index in [1.165, 1.54) is 5.56 Å². The lowest BCUT2D eigenvalue weighted by atomic mass is 10.0. The maximum Gasteiger partial charge on any atom is 0.244 e. The summed E-state index contributed by atoms with van der Waals surface area (Å²) in [5, 5.41) is 14.5. The molecule has 0 fully saturated rings. The molecule has 4 aromatic rings. The number of aryl methyl sites for hydroxylation is 2. The van der Waals surface area contributed by atoms with Crippen molar-refractivity contribution in [2.24, 2.45) is 5.10 Å². The van der Waals surface area contributed by atoms with Crippen LogP contribution in [0.25, 0.3) is 10.9 Å². The lowest BCUT2D eigenvalue weighted by Crippen LogP contribution is -2.20. The molecule has 0 aliphatic carbocycles. The number of carbonyl (C=O) groups is 1. The summed E-state index contributed by atoms with van der Waals surface area (Å²) >= 11 is 0. The number of rotatable bonds is 6. The van der Waals surface area contributed by atoms with Crippen molar-refractivity contribution >= 4 is 23.0 Å². The number of aromatic nitrogens is 1. The molecular formula is C28H26N4O. The van der Waals surface area contributed by atoms with Crippen molar-refractivity contribution in [1.82, 2.24) is 9.99 Å². The normalized spacial score (nSPS) is 11.1. The number of carbonyl (C=O) groups excluding carboxylic acids is 1. The second-order valence-electron chi connectivity index (χ2n) is 8.31. The van der Waals surface area contributed by atoms with Gasteiger partial charge in [0, 0.05) is 28.7 Å². The zero-order chi connectivity index (χ0) is 23.4. The molecule has 0 aliphatic heterocycles. The first kappa shape index (κ1) is 22.0. The molecule has 0 spiro atoms. The highest BCUT2D eigenvalue weighted by molar-refractivity contribution is 6.01. The molecule has 1 aromatic heterocycles. The van der Waals surface area contributed by atoms with Gasteiger partial charge in [-0.3, -0.25) is 4.79 Å². The van der Waals surface area contributed by atoms with E-state index in [0.29, 0.717) is 18.5 Å². The van der Waals surface area contributed by atoms with E-state index >= 15 is 0 Å². The molecule has 4 rings (SSSR count). The number of benzene rings is 3. The van der Waals surface area contributed by atoms with Crippen LogP contribution in [0.1, 0.15) is 39.1 Å². The van der Waals surface area contributed by atoms with E-state index in [2.05, 4.69) is 39.4 Å². The highest BCUT2D eigenvalue weighted by Gasteiger charge is 2.13. The van der Waals surface area contributed by atoms with Crippen LogP contribution in [0, 0.1) is 32.1 Å². The lowest BCUT2D eigenvalue weighted by molar-refractivity contribution is -0.120. The van der Waals surface area contributed by atoms with Crippen molar-refractivity contribution < 1.29 is 4.79 Å². The summed E-state index contributed by atoms with van der Waals surface area (Å²) in [5.74, 6) is -0.145. The first-order valence-electron chi connectivity index (χ1n) is 10.9. The molecule has 1 amide bonds. The standard InChI is InChI=1S/C28H26N4O/c1-19-11-12-24(20(2)13-19)15-28(33)31-30-17-26-21(3)32(27-10-5-4-9-25(26)27)18-23-8-6-7-22(14-23)16-29/h4-14,17H,15,18H2,1-3H3,(H,31,33)/b30-17-. The molecule has 5 nitrogen and oxygen atoms in total. The lowest BCUT2D eigenvalue weighted by Gasteiger charge is -2.09. The van der Waals surface area contributed by atoms with Gasteiger partial charge in [0.1, 0.15) is 0 Å². The molecule has 1 N–H and O–H groups in total. The van der Waals surface area contributed by atoms with E-state index in [4.69, 9.17) is 0 Å². The fraction of sp³-hybridized carbons (Fsp3) is 0.179. The van der Waals surface area contributed by atoms with E-state index in [9.17, 15) is 10.1 Å². The second kappa shape index (κ2) is 9.54. The predicted molar refractivity (Wildman–Crippen MR) is 132 cm³/mol. The number of fused-ring (bicyclic) bond motifs is 1. The van der Waals surface area contributed by atoms with Crippen molar-refractivity contribution in [1.29, 1.82) is 5.26 Å². The average Bonchev–Trinajstić information content (AvgIpc) is 3.07. The molecule has 33 heavy (non-hydrogen) atoms. The Morgan fingerprint density at radius 2 is 1.88 bits per heavy atom. The Kier molecular flexibility index (Phi) is 6.37. The Morgan fingerprint density at radius 3 is 2.67 bits per heavy atom. The van der Waals surface area contributed by atoms with Crippen LogP contribution >= 0.6 is 0 Å². The Bertz CT molecular complexity index is 1410. The summed E-state index contributed by atoms with van der Waals surface area (Å²) < 4.78 is 2.21. The average molecular weight is 435 g/mol.